The molecule has 0 aliphatic carbocycles. The van der Waals surface area contributed by atoms with E-state index in [1.165, 1.54) is 19.1 Å². The van der Waals surface area contributed by atoms with Crippen molar-refractivity contribution in [3.05, 3.63) is 45.5 Å². The normalized spacial score (nSPS) is 11.3. The van der Waals surface area contributed by atoms with Gasteiger partial charge in [0.15, 0.2) is 5.78 Å². The van der Waals surface area contributed by atoms with Gasteiger partial charge in [0.1, 0.15) is 5.60 Å². The van der Waals surface area contributed by atoms with Crippen LogP contribution in [0, 0.1) is 10.1 Å². The monoisotopic (exact) mass is 334 g/mol. The molecule has 0 saturated carbocycles. The second kappa shape index (κ2) is 8.24. The van der Waals surface area contributed by atoms with Gasteiger partial charge in [-0.3, -0.25) is 14.9 Å². The lowest BCUT2D eigenvalue weighted by Crippen LogP contribution is -2.32. The van der Waals surface area contributed by atoms with Crippen molar-refractivity contribution in [1.29, 1.82) is 0 Å². The number of nitro groups is 1. The third-order valence-corrected chi connectivity index (χ3v) is 2.91. The van der Waals surface area contributed by atoms with E-state index in [0.717, 1.165) is 0 Å². The van der Waals surface area contributed by atoms with Crippen molar-refractivity contribution >= 4 is 23.6 Å². The first-order chi connectivity index (χ1) is 11.1. The summed E-state index contributed by atoms with van der Waals surface area (Å²) >= 11 is 0. The molecular weight excluding hydrogens is 312 g/mol. The molecule has 130 valence electrons. The molecule has 0 heterocycles. The lowest BCUT2D eigenvalue weighted by Gasteiger charge is -2.19. The Balaban J connectivity index is 2.63. The van der Waals surface area contributed by atoms with Crippen LogP contribution in [0.15, 0.2) is 24.3 Å². The molecule has 7 heteroatoms. The average Bonchev–Trinajstić information content (AvgIpc) is 2.44. The molecule has 0 aromatic heterocycles. The number of alkyl carbamates (subject to hydrolysis) is 1. The molecule has 0 saturated heterocycles. The number of benzene rings is 1. The van der Waals surface area contributed by atoms with Gasteiger partial charge >= 0.3 is 6.09 Å². The zero-order chi connectivity index (χ0) is 18.3. The summed E-state index contributed by atoms with van der Waals surface area (Å²) in [6.07, 6.45) is 3.30. The molecule has 0 aliphatic rings. The Hall–Kier alpha value is -2.70. The van der Waals surface area contributed by atoms with Crippen LogP contribution in [0.4, 0.5) is 10.5 Å². The largest absolute Gasteiger partial charge is 0.444 e. The number of hydrogen-bond acceptors (Lipinski definition) is 5. The first kappa shape index (κ1) is 19.3. The van der Waals surface area contributed by atoms with Crippen LogP contribution in [0.5, 0.6) is 0 Å². The van der Waals surface area contributed by atoms with Gasteiger partial charge in [0.25, 0.3) is 5.69 Å². The highest BCUT2D eigenvalue weighted by Gasteiger charge is 2.15. The van der Waals surface area contributed by atoms with Crippen LogP contribution in [0.1, 0.15) is 50.0 Å². The minimum atomic E-state index is -0.557. The van der Waals surface area contributed by atoms with E-state index < -0.39 is 16.6 Å². The van der Waals surface area contributed by atoms with Crippen LogP contribution in [0.2, 0.25) is 0 Å². The maximum absolute atomic E-state index is 11.5. The molecule has 1 rings (SSSR count). The quantitative estimate of drug-likeness (QED) is 0.370. The summed E-state index contributed by atoms with van der Waals surface area (Å²) in [4.78, 5) is 33.3. The number of Topliss-reactive ketones (excluding diaryl/α,β-unsaturated/α-hetero) is 1. The van der Waals surface area contributed by atoms with Crippen molar-refractivity contribution in [2.24, 2.45) is 0 Å². The molecule has 0 spiro atoms. The molecule has 1 N–H and O–H groups in total. The summed E-state index contributed by atoms with van der Waals surface area (Å²) in [5.74, 6) is -0.227. The lowest BCUT2D eigenvalue weighted by atomic mass is 10.1. The molecule has 0 atom stereocenters. The number of nitro benzene ring substituents is 1. The van der Waals surface area contributed by atoms with E-state index in [0.29, 0.717) is 24.1 Å². The van der Waals surface area contributed by atoms with Gasteiger partial charge in [-0.2, -0.15) is 0 Å². The highest BCUT2D eigenvalue weighted by atomic mass is 16.6. The number of carbonyl (C=O) groups is 2. The Morgan fingerprint density at radius 1 is 1.33 bits per heavy atom. The SMILES string of the molecule is CC(=O)c1ccc(C=CCCNC(=O)OC(C)(C)C)c([N+](=O)[O-])c1. The summed E-state index contributed by atoms with van der Waals surface area (Å²) < 4.78 is 5.09. The molecule has 0 fully saturated rings. The molecule has 7 nitrogen and oxygen atoms in total. The molecule has 1 amide bonds. The Morgan fingerprint density at radius 3 is 2.54 bits per heavy atom. The van der Waals surface area contributed by atoms with Gasteiger partial charge in [0.2, 0.25) is 0 Å². The second-order valence-electron chi connectivity index (χ2n) is 6.21. The Morgan fingerprint density at radius 2 is 2.00 bits per heavy atom. The Bertz CT molecular complexity index is 659. The van der Waals surface area contributed by atoms with Gasteiger partial charge in [-0.05, 0) is 40.2 Å². The fraction of sp³-hybridized carbons (Fsp3) is 0.412. The number of carbonyl (C=O) groups excluding carboxylic acids is 2. The third-order valence-electron chi connectivity index (χ3n) is 2.91. The fourth-order valence-electron chi connectivity index (χ4n) is 1.84. The number of ketones is 1. The van der Waals surface area contributed by atoms with Gasteiger partial charge < -0.3 is 10.1 Å². The van der Waals surface area contributed by atoms with Crippen LogP contribution in [0.3, 0.4) is 0 Å². The number of hydrogen-bond donors (Lipinski definition) is 1. The summed E-state index contributed by atoms with van der Waals surface area (Å²) in [5.41, 5.74) is 0.0192. The van der Waals surface area contributed by atoms with Gasteiger partial charge in [-0.1, -0.05) is 18.2 Å². The molecule has 1 aromatic carbocycles. The summed E-state index contributed by atoms with van der Waals surface area (Å²) in [6, 6.07) is 4.35. The number of ether oxygens (including phenoxy) is 1. The molecule has 0 unspecified atom stereocenters. The Kier molecular flexibility index (Phi) is 6.64. The third kappa shape index (κ3) is 6.60. The molecule has 0 radical (unpaired) electrons. The van der Waals surface area contributed by atoms with E-state index in [1.807, 2.05) is 0 Å². The van der Waals surface area contributed by atoms with E-state index in [1.54, 1.807) is 39.0 Å². The number of rotatable bonds is 6. The maximum atomic E-state index is 11.5. The number of amides is 1. The van der Waals surface area contributed by atoms with Crippen molar-refractivity contribution in [3.8, 4) is 0 Å². The van der Waals surface area contributed by atoms with E-state index in [4.69, 9.17) is 4.74 Å². The first-order valence-electron chi connectivity index (χ1n) is 7.53. The number of nitrogens with one attached hydrogen (secondary N) is 1. The minimum absolute atomic E-state index is 0.126. The summed E-state index contributed by atoms with van der Waals surface area (Å²) in [6.45, 7) is 7.03. The van der Waals surface area contributed by atoms with E-state index >= 15 is 0 Å². The van der Waals surface area contributed by atoms with Crippen molar-refractivity contribution < 1.29 is 19.2 Å². The molecule has 0 bridgehead atoms. The predicted octanol–water partition coefficient (Wildman–Crippen LogP) is 3.73. The Labute approximate surface area is 140 Å². The minimum Gasteiger partial charge on any atom is -0.444 e. The first-order valence-corrected chi connectivity index (χ1v) is 7.53. The summed E-state index contributed by atoms with van der Waals surface area (Å²) in [5, 5.41) is 13.7. The zero-order valence-electron chi connectivity index (χ0n) is 14.3. The van der Waals surface area contributed by atoms with E-state index in [2.05, 4.69) is 5.32 Å². The summed E-state index contributed by atoms with van der Waals surface area (Å²) in [7, 11) is 0. The maximum Gasteiger partial charge on any atom is 0.407 e. The topological polar surface area (TPSA) is 98.5 Å². The van der Waals surface area contributed by atoms with Gasteiger partial charge in [-0.15, -0.1) is 0 Å². The average molecular weight is 334 g/mol. The van der Waals surface area contributed by atoms with Crippen LogP contribution in [0.25, 0.3) is 6.08 Å². The highest BCUT2D eigenvalue weighted by molar-refractivity contribution is 5.95. The van der Waals surface area contributed by atoms with Crippen LogP contribution < -0.4 is 5.32 Å². The molecule has 0 aliphatic heterocycles. The molecule has 1 aromatic rings. The van der Waals surface area contributed by atoms with Gasteiger partial charge in [0.05, 0.1) is 10.5 Å². The number of nitrogens with zero attached hydrogens (tertiary/aromatic N) is 1. The standard InChI is InChI=1S/C17H22N2O5/c1-12(20)14-9-8-13(15(11-14)19(22)23)7-5-6-10-18-16(21)24-17(2,3)4/h5,7-9,11H,6,10H2,1-4H3,(H,18,21). The fourth-order valence-corrected chi connectivity index (χ4v) is 1.84. The lowest BCUT2D eigenvalue weighted by molar-refractivity contribution is -0.385. The zero-order valence-corrected chi connectivity index (χ0v) is 14.3. The van der Waals surface area contributed by atoms with E-state index in [9.17, 15) is 19.7 Å². The predicted molar refractivity (Wildman–Crippen MR) is 91.0 cm³/mol. The van der Waals surface area contributed by atoms with Crippen molar-refractivity contribution in [2.75, 3.05) is 6.54 Å². The van der Waals surface area contributed by atoms with Crippen molar-refractivity contribution in [2.45, 2.75) is 39.7 Å². The van der Waals surface area contributed by atoms with Crippen molar-refractivity contribution in [3.63, 3.8) is 0 Å². The molecular formula is C17H22N2O5. The van der Waals surface area contributed by atoms with Crippen LogP contribution >= 0.6 is 0 Å². The van der Waals surface area contributed by atoms with Crippen molar-refractivity contribution in [1.82, 2.24) is 5.32 Å². The van der Waals surface area contributed by atoms with Crippen LogP contribution in [-0.2, 0) is 4.74 Å². The van der Waals surface area contributed by atoms with E-state index in [-0.39, 0.29) is 11.5 Å². The highest BCUT2D eigenvalue weighted by Crippen LogP contribution is 2.22. The van der Waals surface area contributed by atoms with Crippen LogP contribution in [-0.4, -0.2) is 28.9 Å². The smallest absolute Gasteiger partial charge is 0.407 e. The second-order valence-corrected chi connectivity index (χ2v) is 6.21. The molecule has 24 heavy (non-hydrogen) atoms. The van der Waals surface area contributed by atoms with Gasteiger partial charge in [-0.25, -0.2) is 4.79 Å². The van der Waals surface area contributed by atoms with Gasteiger partial charge in [0, 0.05) is 18.2 Å².